The molecule has 2 aromatic heterocycles. The van der Waals surface area contributed by atoms with Crippen molar-refractivity contribution in [2.24, 2.45) is 4.99 Å². The highest BCUT2D eigenvalue weighted by molar-refractivity contribution is 5.98. The molecule has 1 amide bonds. The Balaban J connectivity index is 1.63. The standard InChI is InChI=1S/C22H19F3N6O/c1-12(2)31-17-8-7-13(11-16(17)27-20(31)22(23,24)25)19(32)29-21-28-15-6-4-3-5-14(15)18-26-9-10-30(18)21/h3-8,11-12,26H,9-10H2,1-2H3. The summed E-state index contributed by atoms with van der Waals surface area (Å²) in [6.45, 7) is 4.60. The first-order valence-electron chi connectivity index (χ1n) is 10.2. The molecular weight excluding hydrogens is 421 g/mol. The third-order valence-corrected chi connectivity index (χ3v) is 5.43. The Kier molecular flexibility index (Phi) is 4.54. The van der Waals surface area contributed by atoms with Gasteiger partial charge < -0.3 is 9.88 Å². The molecule has 0 fully saturated rings. The van der Waals surface area contributed by atoms with Gasteiger partial charge in [-0.05, 0) is 44.2 Å². The second kappa shape index (κ2) is 7.18. The fourth-order valence-corrected chi connectivity index (χ4v) is 4.07. The van der Waals surface area contributed by atoms with E-state index in [0.717, 1.165) is 15.8 Å². The Bertz CT molecular complexity index is 1450. The summed E-state index contributed by atoms with van der Waals surface area (Å²) in [7, 11) is 0. The van der Waals surface area contributed by atoms with Gasteiger partial charge in [-0.15, -0.1) is 0 Å². The maximum Gasteiger partial charge on any atom is 0.449 e. The van der Waals surface area contributed by atoms with E-state index in [1.54, 1.807) is 13.8 Å². The van der Waals surface area contributed by atoms with Crippen LogP contribution in [0.25, 0.3) is 21.9 Å². The van der Waals surface area contributed by atoms with Gasteiger partial charge in [0, 0.05) is 30.1 Å². The molecule has 4 aromatic rings. The minimum Gasteiger partial charge on any atom is -0.369 e. The van der Waals surface area contributed by atoms with E-state index in [-0.39, 0.29) is 16.7 Å². The molecule has 3 heterocycles. The van der Waals surface area contributed by atoms with E-state index >= 15 is 0 Å². The highest BCUT2D eigenvalue weighted by atomic mass is 19.4. The topological polar surface area (TPSA) is 77.1 Å². The van der Waals surface area contributed by atoms with Gasteiger partial charge in [-0.3, -0.25) is 9.36 Å². The van der Waals surface area contributed by atoms with Crippen molar-refractivity contribution < 1.29 is 18.0 Å². The number of amides is 1. The summed E-state index contributed by atoms with van der Waals surface area (Å²) >= 11 is 0. The summed E-state index contributed by atoms with van der Waals surface area (Å²) in [5.41, 5.74) is 1.50. The Labute approximate surface area is 180 Å². The number of nitrogens with zero attached hydrogens (tertiary/aromatic N) is 5. The predicted octanol–water partition coefficient (Wildman–Crippen LogP) is 4.15. The molecule has 0 radical (unpaired) electrons. The third kappa shape index (κ3) is 3.22. The lowest BCUT2D eigenvalue weighted by Gasteiger charge is -2.14. The molecule has 0 saturated heterocycles. The number of rotatable bonds is 2. The number of anilines is 1. The first kappa shape index (κ1) is 20.2. The number of nitrogens with one attached hydrogen (secondary N) is 1. The normalized spacial score (nSPS) is 14.4. The number of hydrogen-bond donors (Lipinski definition) is 1. The van der Waals surface area contributed by atoms with Crippen LogP contribution in [-0.2, 0) is 12.7 Å². The van der Waals surface area contributed by atoms with Crippen molar-refractivity contribution in [3.63, 3.8) is 0 Å². The van der Waals surface area contributed by atoms with Gasteiger partial charge in [0.25, 0.3) is 5.91 Å². The summed E-state index contributed by atoms with van der Waals surface area (Å²) in [6, 6.07) is 11.4. The van der Waals surface area contributed by atoms with Crippen LogP contribution in [0.2, 0.25) is 0 Å². The van der Waals surface area contributed by atoms with Crippen LogP contribution in [0.5, 0.6) is 0 Å². The highest BCUT2D eigenvalue weighted by Gasteiger charge is 2.38. The average Bonchev–Trinajstić information content (AvgIpc) is 3.38. The smallest absolute Gasteiger partial charge is 0.369 e. The molecule has 32 heavy (non-hydrogen) atoms. The van der Waals surface area contributed by atoms with Crippen LogP contribution < -0.4 is 10.9 Å². The third-order valence-electron chi connectivity index (χ3n) is 5.43. The molecular formula is C22H19F3N6O. The van der Waals surface area contributed by atoms with Crippen molar-refractivity contribution in [1.82, 2.24) is 19.1 Å². The fourth-order valence-electron chi connectivity index (χ4n) is 4.07. The summed E-state index contributed by atoms with van der Waals surface area (Å²) in [4.78, 5) is 25.4. The van der Waals surface area contributed by atoms with E-state index in [9.17, 15) is 18.0 Å². The molecule has 0 spiro atoms. The molecule has 2 aromatic carbocycles. The van der Waals surface area contributed by atoms with Crippen LogP contribution in [0, 0.1) is 0 Å². The maximum atomic E-state index is 13.5. The summed E-state index contributed by atoms with van der Waals surface area (Å²) in [6.07, 6.45) is -4.60. The molecule has 1 aliphatic rings. The van der Waals surface area contributed by atoms with Gasteiger partial charge in [-0.1, -0.05) is 12.1 Å². The number of hydrogen-bond acceptors (Lipinski definition) is 4. The lowest BCUT2D eigenvalue weighted by Crippen LogP contribution is -2.24. The monoisotopic (exact) mass is 440 g/mol. The van der Waals surface area contributed by atoms with Gasteiger partial charge in [0.05, 0.1) is 16.6 Å². The highest BCUT2D eigenvalue weighted by Crippen LogP contribution is 2.34. The van der Waals surface area contributed by atoms with Crippen molar-refractivity contribution in [2.75, 3.05) is 11.9 Å². The zero-order valence-corrected chi connectivity index (χ0v) is 17.3. The fraction of sp³-hybridized carbons (Fsp3) is 0.273. The van der Waals surface area contributed by atoms with Gasteiger partial charge in [0.2, 0.25) is 11.4 Å². The first-order valence-corrected chi connectivity index (χ1v) is 10.2. The number of fused-ring (bicyclic) bond motifs is 4. The molecule has 10 heteroatoms. The maximum absolute atomic E-state index is 13.5. The van der Waals surface area contributed by atoms with Gasteiger partial charge >= 0.3 is 6.18 Å². The number of imidazole rings is 1. The molecule has 0 saturated carbocycles. The van der Waals surface area contributed by atoms with Crippen LogP contribution >= 0.6 is 0 Å². The molecule has 0 aliphatic carbocycles. The summed E-state index contributed by atoms with van der Waals surface area (Å²) in [5.74, 6) is -0.744. The molecule has 0 unspecified atom stereocenters. The van der Waals surface area contributed by atoms with Gasteiger partial charge in [0.15, 0.2) is 0 Å². The summed E-state index contributed by atoms with van der Waals surface area (Å²) in [5, 5.41) is 4.21. The van der Waals surface area contributed by atoms with Gasteiger partial charge in [-0.25, -0.2) is 9.97 Å². The van der Waals surface area contributed by atoms with Crippen LogP contribution in [0.1, 0.15) is 36.1 Å². The number of halogens is 3. The molecule has 0 bridgehead atoms. The van der Waals surface area contributed by atoms with Crippen LogP contribution in [-0.4, -0.2) is 31.6 Å². The molecule has 164 valence electrons. The molecule has 0 atom stereocenters. The zero-order valence-electron chi connectivity index (χ0n) is 17.3. The van der Waals surface area contributed by atoms with E-state index in [2.05, 4.69) is 20.3 Å². The van der Waals surface area contributed by atoms with Crippen LogP contribution in [0.15, 0.2) is 47.5 Å². The predicted molar refractivity (Wildman–Crippen MR) is 113 cm³/mol. The lowest BCUT2D eigenvalue weighted by molar-refractivity contribution is -0.147. The SMILES string of the molecule is CC(C)n1c(C(F)(F)F)nc2cc(C(=O)N=c3nc4ccccc4c4n3CCN4)ccc21. The largest absolute Gasteiger partial charge is 0.449 e. The Morgan fingerprint density at radius 1 is 1.12 bits per heavy atom. The quantitative estimate of drug-likeness (QED) is 0.508. The van der Waals surface area contributed by atoms with Gasteiger partial charge in [-0.2, -0.15) is 18.2 Å². The zero-order chi connectivity index (χ0) is 22.6. The van der Waals surface area contributed by atoms with E-state index < -0.39 is 23.9 Å². The number of alkyl halides is 3. The lowest BCUT2D eigenvalue weighted by atomic mass is 10.2. The van der Waals surface area contributed by atoms with Gasteiger partial charge in [0.1, 0.15) is 5.82 Å². The van der Waals surface area contributed by atoms with Crippen LogP contribution in [0.3, 0.4) is 0 Å². The van der Waals surface area contributed by atoms with Crippen molar-refractivity contribution in [1.29, 1.82) is 0 Å². The molecule has 7 nitrogen and oxygen atoms in total. The second-order valence-corrected chi connectivity index (χ2v) is 7.87. The Morgan fingerprint density at radius 3 is 2.66 bits per heavy atom. The van der Waals surface area contributed by atoms with E-state index in [1.165, 1.54) is 18.2 Å². The second-order valence-electron chi connectivity index (χ2n) is 7.87. The first-order chi connectivity index (χ1) is 15.2. The van der Waals surface area contributed by atoms with E-state index in [1.807, 2.05) is 28.8 Å². The van der Waals surface area contributed by atoms with Crippen molar-refractivity contribution in [3.05, 3.63) is 59.5 Å². The number of para-hydroxylation sites is 1. The number of benzene rings is 2. The number of aromatic nitrogens is 4. The van der Waals surface area contributed by atoms with Crippen molar-refractivity contribution in [3.8, 4) is 0 Å². The minimum atomic E-state index is -4.60. The average molecular weight is 440 g/mol. The molecule has 1 N–H and O–H groups in total. The van der Waals surface area contributed by atoms with E-state index in [4.69, 9.17) is 0 Å². The van der Waals surface area contributed by atoms with Crippen molar-refractivity contribution >= 4 is 33.7 Å². The van der Waals surface area contributed by atoms with Crippen molar-refractivity contribution in [2.45, 2.75) is 32.6 Å². The van der Waals surface area contributed by atoms with Crippen LogP contribution in [0.4, 0.5) is 19.0 Å². The number of carbonyl (C=O) groups excluding carboxylic acids is 1. The number of carbonyl (C=O) groups is 1. The minimum absolute atomic E-state index is 0.0955. The Hall–Kier alpha value is -3.69. The molecule has 1 aliphatic heterocycles. The Morgan fingerprint density at radius 2 is 1.91 bits per heavy atom. The summed E-state index contributed by atoms with van der Waals surface area (Å²) < 4.78 is 43.3. The van der Waals surface area contributed by atoms with E-state index in [0.29, 0.717) is 24.1 Å². The molecule has 5 rings (SSSR count).